The molecule has 0 N–H and O–H groups in total. The number of alkyl halides is 8. The second kappa shape index (κ2) is 22.5. The molecule has 2 heterocycles. The van der Waals surface area contributed by atoms with Crippen LogP contribution in [0.3, 0.4) is 0 Å². The molecule has 0 aromatic heterocycles. The third-order valence-electron chi connectivity index (χ3n) is 8.70. The molecule has 19 nitrogen and oxygen atoms in total. The Balaban J connectivity index is 3.33. The lowest BCUT2D eigenvalue weighted by Gasteiger charge is -2.47. The van der Waals surface area contributed by atoms with E-state index in [0.29, 0.717) is 0 Å². The molecule has 0 amide bonds. The van der Waals surface area contributed by atoms with Crippen LogP contribution in [0.2, 0.25) is 0 Å². The van der Waals surface area contributed by atoms with Crippen molar-refractivity contribution in [3.8, 4) is 0 Å². The minimum Gasteiger partial charge on any atom is -0.453 e. The summed E-state index contributed by atoms with van der Waals surface area (Å²) in [4.78, 5) is 111. The molecule has 27 heteroatoms. The number of halogens is 8. The molecule has 0 aliphatic carbocycles. The summed E-state index contributed by atoms with van der Waals surface area (Å²) >= 11 is 25.8. The zero-order valence-corrected chi connectivity index (χ0v) is 52.6. The van der Waals surface area contributed by atoms with E-state index in [9.17, 15) is 38.4 Å². The number of carbonyl (C=O) groups excluding carboxylic acids is 8. The van der Waals surface area contributed by atoms with E-state index in [4.69, 9.17) is 52.1 Å². The minimum absolute atomic E-state index is 1.03. The molecule has 0 radical (unpaired) electrons. The van der Waals surface area contributed by atoms with Crippen LogP contribution >= 0.6 is 127 Å². The molecule has 68 heavy (non-hydrogen) atoms. The highest BCUT2D eigenvalue weighted by atomic mass is 79.9. The summed E-state index contributed by atoms with van der Waals surface area (Å²) in [6, 6.07) is 0. The Hall–Kier alpha value is -0.520. The van der Waals surface area contributed by atoms with Gasteiger partial charge in [-0.15, -0.1) is 0 Å². The summed E-state index contributed by atoms with van der Waals surface area (Å²) in [7, 11) is 0. The molecule has 2 aliphatic heterocycles. The average molecular weight is 1490 g/mol. The summed E-state index contributed by atoms with van der Waals surface area (Å²) in [5.74, 6) is -12.0. The van der Waals surface area contributed by atoms with Crippen molar-refractivity contribution in [2.24, 2.45) is 0 Å². The number of hydrogen-bond donors (Lipinski definition) is 0. The van der Waals surface area contributed by atoms with Gasteiger partial charge in [0.15, 0.2) is 12.2 Å². The standard InChI is InChI=1S/C41H56Br8O19/c1-33(2,42)25(50)58-17-18(59-26(51)34(3,4)43)22(64-30(55)38(11,12)47)63-23(19(17)60-27(52)35(5,6)44)66-41(68-32(57)40(15,16)49)21(62-29(54)37(9,10)46)20(61-28(53)36(7,8)45)24(67-41)65-31(56)39(13,14)48/h17-24H,1-16H3. The van der Waals surface area contributed by atoms with Crippen molar-refractivity contribution in [2.75, 3.05) is 0 Å². The van der Waals surface area contributed by atoms with Crippen molar-refractivity contribution >= 4 is 175 Å². The van der Waals surface area contributed by atoms with Crippen molar-refractivity contribution in [2.45, 2.75) is 201 Å². The smallest absolute Gasteiger partial charge is 0.378 e. The van der Waals surface area contributed by atoms with Gasteiger partial charge in [0.1, 0.15) is 34.6 Å². The van der Waals surface area contributed by atoms with Gasteiger partial charge in [-0.1, -0.05) is 127 Å². The first-order valence-electron chi connectivity index (χ1n) is 20.3. The highest BCUT2D eigenvalue weighted by molar-refractivity contribution is 9.11. The van der Waals surface area contributed by atoms with E-state index >= 15 is 0 Å². The maximum absolute atomic E-state index is 14.2. The third-order valence-corrected chi connectivity index (χ3v) is 11.3. The van der Waals surface area contributed by atoms with Gasteiger partial charge in [-0.05, 0) is 111 Å². The topological polar surface area (TPSA) is 238 Å². The van der Waals surface area contributed by atoms with Crippen molar-refractivity contribution < 1.29 is 90.5 Å². The molecule has 390 valence electrons. The molecular formula is C41H56Br8O19. The van der Waals surface area contributed by atoms with Gasteiger partial charge < -0.3 is 42.6 Å². The van der Waals surface area contributed by atoms with Gasteiger partial charge in [0.25, 0.3) is 0 Å². The van der Waals surface area contributed by atoms with Crippen molar-refractivity contribution in [1.29, 1.82) is 0 Å². The first kappa shape index (κ1) is 63.6. The predicted molar refractivity (Wildman–Crippen MR) is 269 cm³/mol. The molecule has 9 atom stereocenters. The molecule has 0 spiro atoms. The molecule has 0 aromatic rings. The third kappa shape index (κ3) is 17.6. The lowest BCUT2D eigenvalue weighted by atomic mass is 10.0. The lowest BCUT2D eigenvalue weighted by molar-refractivity contribution is -0.456. The fourth-order valence-electron chi connectivity index (χ4n) is 4.76. The molecule has 2 saturated heterocycles. The van der Waals surface area contributed by atoms with Crippen molar-refractivity contribution in [1.82, 2.24) is 0 Å². The molecule has 2 fully saturated rings. The summed E-state index contributed by atoms with van der Waals surface area (Å²) in [6.07, 6.45) is -17.5. The number of carbonyl (C=O) groups is 8. The summed E-state index contributed by atoms with van der Waals surface area (Å²) < 4.78 is 54.2. The molecule has 0 saturated carbocycles. The second-order valence-corrected chi connectivity index (χ2v) is 35.2. The molecule has 0 aromatic carbocycles. The lowest BCUT2D eigenvalue weighted by Crippen LogP contribution is -2.67. The van der Waals surface area contributed by atoms with Crippen LogP contribution in [0.4, 0.5) is 0 Å². The van der Waals surface area contributed by atoms with Crippen LogP contribution in [-0.2, 0) is 90.5 Å². The highest BCUT2D eigenvalue weighted by Gasteiger charge is 2.70. The van der Waals surface area contributed by atoms with Crippen LogP contribution in [0.1, 0.15) is 111 Å². The maximum atomic E-state index is 14.2. The van der Waals surface area contributed by atoms with E-state index in [-0.39, 0.29) is 0 Å². The van der Waals surface area contributed by atoms with Gasteiger partial charge in [-0.25, -0.2) is 0 Å². The minimum atomic E-state index is -3.33. The second-order valence-electron chi connectivity index (χ2n) is 19.4. The highest BCUT2D eigenvalue weighted by Crippen LogP contribution is 2.46. The van der Waals surface area contributed by atoms with Crippen LogP contribution in [-0.4, -0.2) is 138 Å². The zero-order chi connectivity index (χ0) is 53.5. The molecule has 0 bridgehead atoms. The van der Waals surface area contributed by atoms with Gasteiger partial charge in [-0.3, -0.25) is 47.8 Å². The van der Waals surface area contributed by atoms with Crippen molar-refractivity contribution in [3.63, 3.8) is 0 Å². The largest absolute Gasteiger partial charge is 0.453 e. The SMILES string of the molecule is CC(C)(Br)C(=O)OC1OC(OC2(OC(=O)C(C)(C)Br)OC(OC(=O)C(C)(C)Br)C(OC(=O)C(C)(C)Br)C2OC(=O)C(C)(C)Br)C(OC(=O)C(C)(C)Br)C(OC(=O)C(C)(C)Br)C1OC(=O)C(C)(C)Br. The number of hydrogen-bond acceptors (Lipinski definition) is 19. The Morgan fingerprint density at radius 1 is 0.338 bits per heavy atom. The quantitative estimate of drug-likeness (QED) is 0.0543. The molecular weight excluding hydrogens is 1440 g/mol. The average Bonchev–Trinajstić information content (AvgIpc) is 3.37. The van der Waals surface area contributed by atoms with E-state index in [2.05, 4.69) is 127 Å². The monoisotopic (exact) mass is 1480 g/mol. The first-order chi connectivity index (χ1) is 30.0. The van der Waals surface area contributed by atoms with E-state index in [1.54, 1.807) is 0 Å². The first-order valence-corrected chi connectivity index (χ1v) is 26.6. The number of rotatable bonds is 18. The molecule has 2 rings (SSSR count). The van der Waals surface area contributed by atoms with E-state index < -0.39 is 138 Å². The normalized spacial score (nSPS) is 26.4. The molecule has 2 aliphatic rings. The van der Waals surface area contributed by atoms with Crippen molar-refractivity contribution in [3.05, 3.63) is 0 Å². The van der Waals surface area contributed by atoms with Crippen LogP contribution in [0, 0.1) is 0 Å². The summed E-state index contributed by atoms with van der Waals surface area (Å²) in [6.45, 7) is 22.3. The van der Waals surface area contributed by atoms with Crippen LogP contribution in [0.25, 0.3) is 0 Å². The van der Waals surface area contributed by atoms with Gasteiger partial charge in [-0.2, -0.15) is 0 Å². The Morgan fingerprint density at radius 2 is 0.603 bits per heavy atom. The fourth-order valence-corrected chi connectivity index (χ4v) is 5.49. The van der Waals surface area contributed by atoms with Gasteiger partial charge in [0, 0.05) is 0 Å². The number of esters is 8. The van der Waals surface area contributed by atoms with E-state index in [0.717, 1.165) is 0 Å². The summed E-state index contributed by atoms with van der Waals surface area (Å²) in [5.41, 5.74) is 0. The number of ether oxygens (including phenoxy) is 11. The van der Waals surface area contributed by atoms with Gasteiger partial charge in [0.2, 0.25) is 37.2 Å². The Morgan fingerprint density at radius 3 is 0.941 bits per heavy atom. The van der Waals surface area contributed by atoms with E-state index in [1.165, 1.54) is 111 Å². The zero-order valence-electron chi connectivity index (χ0n) is 39.9. The van der Waals surface area contributed by atoms with Crippen LogP contribution in [0.5, 0.6) is 0 Å². The van der Waals surface area contributed by atoms with Gasteiger partial charge >= 0.3 is 53.7 Å². The maximum Gasteiger partial charge on any atom is 0.378 e. The van der Waals surface area contributed by atoms with E-state index in [1.807, 2.05) is 0 Å². The Labute approximate surface area is 462 Å². The Kier molecular flexibility index (Phi) is 21.1. The molecule has 9 unspecified atom stereocenters. The predicted octanol–water partition coefficient (Wildman–Crippen LogP) is 8.27. The fraction of sp³-hybridized carbons (Fsp3) is 0.805. The van der Waals surface area contributed by atoms with Crippen LogP contribution < -0.4 is 0 Å². The van der Waals surface area contributed by atoms with Gasteiger partial charge in [0.05, 0.1) is 0 Å². The van der Waals surface area contributed by atoms with Crippen LogP contribution in [0.15, 0.2) is 0 Å². The summed E-state index contributed by atoms with van der Waals surface area (Å²) in [5, 5.41) is 0. The Bertz CT molecular complexity index is 1930.